The number of anilines is 1. The summed E-state index contributed by atoms with van der Waals surface area (Å²) in [6, 6.07) is 22.6. The summed E-state index contributed by atoms with van der Waals surface area (Å²) in [5, 5.41) is 4.01. The number of para-hydroxylation sites is 1. The van der Waals surface area contributed by atoms with Crippen molar-refractivity contribution in [3.05, 3.63) is 88.4 Å². The lowest BCUT2D eigenvalue weighted by atomic mass is 9.82. The summed E-state index contributed by atoms with van der Waals surface area (Å²) in [5.41, 5.74) is 2.32. The molecule has 1 unspecified atom stereocenters. The Morgan fingerprint density at radius 1 is 1.00 bits per heavy atom. The second kappa shape index (κ2) is 6.85. The molecule has 5 nitrogen and oxygen atoms in total. The maximum Gasteiger partial charge on any atom is 0.344 e. The van der Waals surface area contributed by atoms with E-state index in [0.29, 0.717) is 22.5 Å². The van der Waals surface area contributed by atoms with Crippen LogP contribution in [0.3, 0.4) is 0 Å². The van der Waals surface area contributed by atoms with Crippen LogP contribution in [0.1, 0.15) is 15.9 Å². The van der Waals surface area contributed by atoms with Gasteiger partial charge >= 0.3 is 5.97 Å². The zero-order valence-corrected chi connectivity index (χ0v) is 17.6. The standard InChI is InChI=1S/C24H17BrN2O3/c1-30-23(29)24(22(28)17-12-11-15(25)13-19(17)27-24)20-16-9-5-6-10-18(16)26-21(20)14-7-3-2-4-8-14/h2-13,26-27H,1H3. The van der Waals surface area contributed by atoms with Gasteiger partial charge in [-0.2, -0.15) is 0 Å². The van der Waals surface area contributed by atoms with Crippen LogP contribution in [0.25, 0.3) is 22.2 Å². The third-order valence-corrected chi connectivity index (χ3v) is 6.02. The first-order valence-corrected chi connectivity index (χ1v) is 10.2. The number of hydrogen-bond acceptors (Lipinski definition) is 4. The van der Waals surface area contributed by atoms with Crippen molar-refractivity contribution in [2.24, 2.45) is 0 Å². The van der Waals surface area contributed by atoms with Crippen molar-refractivity contribution in [2.75, 3.05) is 12.4 Å². The smallest absolute Gasteiger partial charge is 0.344 e. The van der Waals surface area contributed by atoms with Crippen molar-refractivity contribution in [3.63, 3.8) is 0 Å². The van der Waals surface area contributed by atoms with Crippen LogP contribution in [0, 0.1) is 0 Å². The van der Waals surface area contributed by atoms with E-state index < -0.39 is 11.5 Å². The van der Waals surface area contributed by atoms with Gasteiger partial charge in [0.25, 0.3) is 0 Å². The van der Waals surface area contributed by atoms with Gasteiger partial charge in [-0.3, -0.25) is 4.79 Å². The first-order valence-electron chi connectivity index (χ1n) is 9.44. The van der Waals surface area contributed by atoms with E-state index >= 15 is 0 Å². The largest absolute Gasteiger partial charge is 0.467 e. The summed E-state index contributed by atoms with van der Waals surface area (Å²) in [6.45, 7) is 0. The fraction of sp³-hybridized carbons (Fsp3) is 0.0833. The fourth-order valence-electron chi connectivity index (χ4n) is 4.21. The summed E-state index contributed by atoms with van der Waals surface area (Å²) in [5.74, 6) is -0.986. The van der Waals surface area contributed by atoms with Gasteiger partial charge in [0, 0.05) is 32.2 Å². The van der Waals surface area contributed by atoms with Gasteiger partial charge in [0.2, 0.25) is 11.3 Å². The Hall–Kier alpha value is -3.38. The second-order valence-electron chi connectivity index (χ2n) is 7.17. The number of Topliss-reactive ketones (excluding diaryl/α,β-unsaturated/α-hetero) is 1. The lowest BCUT2D eigenvalue weighted by molar-refractivity contribution is -0.144. The molecule has 0 saturated heterocycles. The molecule has 6 heteroatoms. The summed E-state index contributed by atoms with van der Waals surface area (Å²) < 4.78 is 5.99. The highest BCUT2D eigenvalue weighted by atomic mass is 79.9. The third-order valence-electron chi connectivity index (χ3n) is 5.52. The van der Waals surface area contributed by atoms with Crippen LogP contribution < -0.4 is 5.32 Å². The highest BCUT2D eigenvalue weighted by molar-refractivity contribution is 9.10. The molecule has 2 heterocycles. The number of ketones is 1. The minimum Gasteiger partial charge on any atom is -0.467 e. The molecule has 148 valence electrons. The molecule has 0 amide bonds. The number of hydrogen-bond donors (Lipinski definition) is 2. The van der Waals surface area contributed by atoms with E-state index in [9.17, 15) is 9.59 Å². The van der Waals surface area contributed by atoms with E-state index in [-0.39, 0.29) is 5.78 Å². The molecule has 0 spiro atoms. The fourth-order valence-corrected chi connectivity index (χ4v) is 4.57. The number of carbonyl (C=O) groups excluding carboxylic acids is 2. The third kappa shape index (κ3) is 2.53. The lowest BCUT2D eigenvalue weighted by Gasteiger charge is -2.27. The molecule has 1 aromatic heterocycles. The molecule has 0 fully saturated rings. The molecule has 0 bridgehead atoms. The Balaban J connectivity index is 1.87. The molecular weight excluding hydrogens is 444 g/mol. The average molecular weight is 461 g/mol. The molecular formula is C24H17BrN2O3. The number of esters is 1. The van der Waals surface area contributed by atoms with E-state index in [2.05, 4.69) is 26.2 Å². The van der Waals surface area contributed by atoms with Gasteiger partial charge in [0.1, 0.15) is 0 Å². The SMILES string of the molecule is COC(=O)C1(c2c(-c3ccccc3)[nH]c3ccccc23)Nc2cc(Br)ccc2C1=O. The van der Waals surface area contributed by atoms with Crippen molar-refractivity contribution < 1.29 is 14.3 Å². The van der Waals surface area contributed by atoms with E-state index in [1.165, 1.54) is 7.11 Å². The number of aromatic nitrogens is 1. The number of halogens is 1. The average Bonchev–Trinajstić information content (AvgIpc) is 3.30. The minimum absolute atomic E-state index is 0.334. The highest BCUT2D eigenvalue weighted by Gasteiger charge is 2.56. The number of benzene rings is 3. The van der Waals surface area contributed by atoms with Crippen molar-refractivity contribution in [1.29, 1.82) is 0 Å². The van der Waals surface area contributed by atoms with Crippen molar-refractivity contribution in [3.8, 4) is 11.3 Å². The maximum absolute atomic E-state index is 13.8. The van der Waals surface area contributed by atoms with Gasteiger partial charge in [0.15, 0.2) is 0 Å². The van der Waals surface area contributed by atoms with Gasteiger partial charge in [-0.15, -0.1) is 0 Å². The van der Waals surface area contributed by atoms with Crippen molar-refractivity contribution >= 4 is 44.3 Å². The molecule has 0 radical (unpaired) electrons. The molecule has 1 aliphatic heterocycles. The zero-order chi connectivity index (χ0) is 20.9. The van der Waals surface area contributed by atoms with Crippen molar-refractivity contribution in [1.82, 2.24) is 4.98 Å². The van der Waals surface area contributed by atoms with Crippen molar-refractivity contribution in [2.45, 2.75) is 5.54 Å². The topological polar surface area (TPSA) is 71.2 Å². The number of ether oxygens (including phenoxy) is 1. The Labute approximate surface area is 181 Å². The first-order chi connectivity index (χ1) is 14.6. The molecule has 30 heavy (non-hydrogen) atoms. The van der Waals surface area contributed by atoms with E-state index in [0.717, 1.165) is 20.9 Å². The van der Waals surface area contributed by atoms with Gasteiger partial charge in [-0.1, -0.05) is 64.5 Å². The highest BCUT2D eigenvalue weighted by Crippen LogP contribution is 2.47. The van der Waals surface area contributed by atoms with Crippen LogP contribution in [-0.4, -0.2) is 23.8 Å². The summed E-state index contributed by atoms with van der Waals surface area (Å²) in [6.07, 6.45) is 0. The Bertz CT molecular complexity index is 1310. The number of fused-ring (bicyclic) bond motifs is 2. The molecule has 3 aromatic carbocycles. The predicted octanol–water partition coefficient (Wildman–Crippen LogP) is 5.27. The summed E-state index contributed by atoms with van der Waals surface area (Å²) in [4.78, 5) is 30.5. The number of H-pyrrole nitrogens is 1. The van der Waals surface area contributed by atoms with Gasteiger partial charge in [-0.25, -0.2) is 4.79 Å². The van der Waals surface area contributed by atoms with Crippen LogP contribution in [-0.2, 0) is 15.1 Å². The van der Waals surface area contributed by atoms with E-state index in [1.807, 2.05) is 54.6 Å². The van der Waals surface area contributed by atoms with Gasteiger partial charge in [-0.05, 0) is 29.8 Å². The normalized spacial score (nSPS) is 17.6. The van der Waals surface area contributed by atoms with Gasteiger partial charge in [0.05, 0.1) is 12.8 Å². The molecule has 1 aliphatic rings. The van der Waals surface area contributed by atoms with Crippen LogP contribution in [0.2, 0.25) is 0 Å². The maximum atomic E-state index is 13.8. The van der Waals surface area contributed by atoms with Gasteiger partial charge < -0.3 is 15.0 Å². The molecule has 4 aromatic rings. The Kier molecular flexibility index (Phi) is 4.25. The monoisotopic (exact) mass is 460 g/mol. The quantitative estimate of drug-likeness (QED) is 0.322. The van der Waals surface area contributed by atoms with Crippen LogP contribution in [0.5, 0.6) is 0 Å². The van der Waals surface area contributed by atoms with Crippen LogP contribution in [0.4, 0.5) is 5.69 Å². The van der Waals surface area contributed by atoms with E-state index in [1.54, 1.807) is 18.2 Å². The Morgan fingerprint density at radius 2 is 1.73 bits per heavy atom. The minimum atomic E-state index is -1.69. The summed E-state index contributed by atoms with van der Waals surface area (Å²) in [7, 11) is 1.30. The van der Waals surface area contributed by atoms with Crippen LogP contribution >= 0.6 is 15.9 Å². The molecule has 2 N–H and O–H groups in total. The second-order valence-corrected chi connectivity index (χ2v) is 8.09. The lowest BCUT2D eigenvalue weighted by Crippen LogP contribution is -2.47. The number of rotatable bonds is 3. The van der Waals surface area contributed by atoms with E-state index in [4.69, 9.17) is 4.74 Å². The number of aromatic amines is 1. The summed E-state index contributed by atoms with van der Waals surface area (Å²) >= 11 is 3.44. The predicted molar refractivity (Wildman–Crippen MR) is 120 cm³/mol. The first kappa shape index (κ1) is 18.6. The number of carbonyl (C=O) groups is 2. The molecule has 5 rings (SSSR count). The molecule has 0 saturated carbocycles. The number of methoxy groups -OCH3 is 1. The molecule has 0 aliphatic carbocycles. The zero-order valence-electron chi connectivity index (χ0n) is 16.0. The Morgan fingerprint density at radius 3 is 2.50 bits per heavy atom. The van der Waals surface area contributed by atoms with Crippen LogP contribution in [0.15, 0.2) is 77.3 Å². The molecule has 1 atom stereocenters. The number of nitrogens with one attached hydrogen (secondary N) is 2.